The van der Waals surface area contributed by atoms with Gasteiger partial charge in [-0.1, -0.05) is 0 Å². The molecule has 0 aliphatic rings. The predicted octanol–water partition coefficient (Wildman–Crippen LogP) is -0.0371. The summed E-state index contributed by atoms with van der Waals surface area (Å²) in [5.41, 5.74) is 0. The molecule has 0 aliphatic carbocycles. The van der Waals surface area contributed by atoms with E-state index in [1.807, 2.05) is 0 Å². The Bertz CT molecular complexity index is 104. The first-order chi connectivity index (χ1) is 6.81. The van der Waals surface area contributed by atoms with Gasteiger partial charge >= 0.3 is 0 Å². The fraction of sp³-hybridized carbons (Fsp3) is 1.00. The minimum atomic E-state index is -0.284. The first-order valence-corrected chi connectivity index (χ1v) is 5.91. The van der Waals surface area contributed by atoms with E-state index in [2.05, 4.69) is 5.32 Å². The lowest BCUT2D eigenvalue weighted by atomic mass is 10.4. The molecule has 0 radical (unpaired) electrons. The number of nitrogens with one attached hydrogen (secondary N) is 1. The Balaban J connectivity index is 3.07. The van der Waals surface area contributed by atoms with E-state index >= 15 is 0 Å². The molecule has 0 heterocycles. The van der Waals surface area contributed by atoms with Crippen molar-refractivity contribution in [3.05, 3.63) is 0 Å². The Labute approximate surface area is 90.4 Å². The summed E-state index contributed by atoms with van der Waals surface area (Å²) in [6, 6.07) is 0. The van der Waals surface area contributed by atoms with E-state index in [4.69, 9.17) is 9.47 Å². The number of hydrogen-bond donors (Lipinski definition) is 2. The van der Waals surface area contributed by atoms with Gasteiger partial charge in [-0.3, -0.25) is 0 Å². The Morgan fingerprint density at radius 1 is 1.29 bits per heavy atom. The van der Waals surface area contributed by atoms with Crippen LogP contribution >= 0.6 is 11.8 Å². The summed E-state index contributed by atoms with van der Waals surface area (Å²) in [4.78, 5) is 0. The number of hydrogen-bond acceptors (Lipinski definition) is 5. The van der Waals surface area contributed by atoms with Crippen LogP contribution in [0.5, 0.6) is 0 Å². The van der Waals surface area contributed by atoms with E-state index in [1.165, 1.54) is 0 Å². The molecule has 1 atom stereocenters. The number of rotatable bonds is 10. The molecule has 0 aromatic rings. The van der Waals surface area contributed by atoms with Gasteiger partial charge in [-0.15, -0.1) is 0 Å². The minimum absolute atomic E-state index is 0.284. The molecular formula is C9H21NO3S. The van der Waals surface area contributed by atoms with Crippen molar-refractivity contribution in [3.63, 3.8) is 0 Å². The zero-order valence-electron chi connectivity index (χ0n) is 8.99. The predicted molar refractivity (Wildman–Crippen MR) is 60.0 cm³/mol. The van der Waals surface area contributed by atoms with Crippen molar-refractivity contribution in [2.75, 3.05) is 52.0 Å². The summed E-state index contributed by atoms with van der Waals surface area (Å²) < 4.78 is 9.77. The lowest BCUT2D eigenvalue weighted by Crippen LogP contribution is -2.30. The number of thioether (sulfide) groups is 1. The van der Waals surface area contributed by atoms with Gasteiger partial charge in [0, 0.05) is 38.8 Å². The molecule has 0 saturated carbocycles. The van der Waals surface area contributed by atoms with Gasteiger partial charge in [0.2, 0.25) is 0 Å². The third-order valence-electron chi connectivity index (χ3n) is 1.60. The molecule has 5 heteroatoms. The third kappa shape index (κ3) is 10.3. The molecule has 0 rings (SSSR count). The van der Waals surface area contributed by atoms with E-state index in [9.17, 15) is 5.11 Å². The number of ether oxygens (including phenoxy) is 2. The van der Waals surface area contributed by atoms with Crippen LogP contribution in [0.3, 0.4) is 0 Å². The minimum Gasteiger partial charge on any atom is -0.391 e. The standard InChI is InChI=1S/C9H21NO3S/c1-12-4-3-10-7-9(11)8-14-6-5-13-2/h9-11H,3-8H2,1-2H3. The van der Waals surface area contributed by atoms with Crippen LogP contribution < -0.4 is 5.32 Å². The van der Waals surface area contributed by atoms with Crippen LogP contribution in [0.15, 0.2) is 0 Å². The molecule has 4 nitrogen and oxygen atoms in total. The van der Waals surface area contributed by atoms with Gasteiger partial charge in [0.15, 0.2) is 0 Å². The fourth-order valence-electron chi connectivity index (χ4n) is 0.863. The largest absolute Gasteiger partial charge is 0.391 e. The van der Waals surface area contributed by atoms with Crippen LogP contribution in [-0.4, -0.2) is 63.2 Å². The molecule has 0 aromatic heterocycles. The monoisotopic (exact) mass is 223 g/mol. The van der Waals surface area contributed by atoms with Gasteiger partial charge < -0.3 is 19.9 Å². The van der Waals surface area contributed by atoms with Gasteiger partial charge in [-0.2, -0.15) is 11.8 Å². The molecular weight excluding hydrogens is 202 g/mol. The van der Waals surface area contributed by atoms with E-state index in [-0.39, 0.29) is 6.10 Å². The van der Waals surface area contributed by atoms with Gasteiger partial charge in [0.05, 0.1) is 19.3 Å². The van der Waals surface area contributed by atoms with Gasteiger partial charge in [-0.25, -0.2) is 0 Å². The second kappa shape index (κ2) is 11.3. The highest BCUT2D eigenvalue weighted by Crippen LogP contribution is 2.01. The Kier molecular flexibility index (Phi) is 11.4. The summed E-state index contributed by atoms with van der Waals surface area (Å²) in [5, 5.41) is 12.6. The van der Waals surface area contributed by atoms with E-state index < -0.39 is 0 Å². The van der Waals surface area contributed by atoms with Crippen molar-refractivity contribution in [2.45, 2.75) is 6.10 Å². The van der Waals surface area contributed by atoms with Gasteiger partial charge in [0.25, 0.3) is 0 Å². The molecule has 1 unspecified atom stereocenters. The van der Waals surface area contributed by atoms with Crippen LogP contribution in [0.25, 0.3) is 0 Å². The molecule has 0 aromatic carbocycles. The van der Waals surface area contributed by atoms with Crippen molar-refractivity contribution >= 4 is 11.8 Å². The zero-order valence-corrected chi connectivity index (χ0v) is 9.81. The molecule has 2 N–H and O–H groups in total. The third-order valence-corrected chi connectivity index (χ3v) is 2.68. The molecule has 0 saturated heterocycles. The molecule has 0 spiro atoms. The number of aliphatic hydroxyl groups is 1. The Morgan fingerprint density at radius 3 is 2.64 bits per heavy atom. The summed E-state index contributed by atoms with van der Waals surface area (Å²) in [7, 11) is 3.35. The second-order valence-corrected chi connectivity index (χ2v) is 4.07. The van der Waals surface area contributed by atoms with Crippen molar-refractivity contribution in [3.8, 4) is 0 Å². The quantitative estimate of drug-likeness (QED) is 0.509. The van der Waals surface area contributed by atoms with Crippen LogP contribution in [-0.2, 0) is 9.47 Å². The first-order valence-electron chi connectivity index (χ1n) is 4.75. The zero-order chi connectivity index (χ0) is 10.6. The first kappa shape index (κ1) is 14.2. The lowest BCUT2D eigenvalue weighted by Gasteiger charge is -2.10. The maximum absolute atomic E-state index is 9.48. The molecule has 14 heavy (non-hydrogen) atoms. The lowest BCUT2D eigenvalue weighted by molar-refractivity contribution is 0.175. The molecule has 0 fully saturated rings. The Morgan fingerprint density at radius 2 is 2.00 bits per heavy atom. The summed E-state index contributed by atoms with van der Waals surface area (Å²) in [6.45, 7) is 2.84. The van der Waals surface area contributed by atoms with Gasteiger partial charge in [0.1, 0.15) is 0 Å². The van der Waals surface area contributed by atoms with Crippen molar-refractivity contribution in [1.29, 1.82) is 0 Å². The number of aliphatic hydroxyl groups excluding tert-OH is 1. The molecule has 0 aliphatic heterocycles. The van der Waals surface area contributed by atoms with Crippen LogP contribution in [0, 0.1) is 0 Å². The highest BCUT2D eigenvalue weighted by atomic mass is 32.2. The maximum Gasteiger partial charge on any atom is 0.0754 e. The molecule has 0 amide bonds. The second-order valence-electron chi connectivity index (χ2n) is 2.92. The van der Waals surface area contributed by atoms with Crippen molar-refractivity contribution < 1.29 is 14.6 Å². The molecule has 0 bridgehead atoms. The average molecular weight is 223 g/mol. The fourth-order valence-corrected chi connectivity index (χ4v) is 1.70. The number of methoxy groups -OCH3 is 2. The highest BCUT2D eigenvalue weighted by molar-refractivity contribution is 7.99. The summed E-state index contributed by atoms with van der Waals surface area (Å²) in [5.74, 6) is 1.69. The SMILES string of the molecule is COCCNCC(O)CSCCOC. The topological polar surface area (TPSA) is 50.7 Å². The van der Waals surface area contributed by atoms with E-state index in [0.29, 0.717) is 13.2 Å². The summed E-state index contributed by atoms with van der Waals surface area (Å²) >= 11 is 1.70. The highest BCUT2D eigenvalue weighted by Gasteiger charge is 2.02. The van der Waals surface area contributed by atoms with E-state index in [0.717, 1.165) is 24.7 Å². The van der Waals surface area contributed by atoms with Crippen LogP contribution in [0.4, 0.5) is 0 Å². The van der Waals surface area contributed by atoms with E-state index in [1.54, 1.807) is 26.0 Å². The van der Waals surface area contributed by atoms with Gasteiger partial charge in [-0.05, 0) is 0 Å². The van der Waals surface area contributed by atoms with Crippen molar-refractivity contribution in [1.82, 2.24) is 5.32 Å². The van der Waals surface area contributed by atoms with Crippen LogP contribution in [0.2, 0.25) is 0 Å². The van der Waals surface area contributed by atoms with Crippen LogP contribution in [0.1, 0.15) is 0 Å². The smallest absolute Gasteiger partial charge is 0.0754 e. The Hall–Kier alpha value is 0.190. The van der Waals surface area contributed by atoms with Crippen molar-refractivity contribution in [2.24, 2.45) is 0 Å². The molecule has 86 valence electrons. The normalized spacial score (nSPS) is 13.1. The summed E-state index contributed by atoms with van der Waals surface area (Å²) in [6.07, 6.45) is -0.284. The maximum atomic E-state index is 9.48. The average Bonchev–Trinajstić information content (AvgIpc) is 2.19.